The first kappa shape index (κ1) is 18.1. The van der Waals surface area contributed by atoms with E-state index in [0.29, 0.717) is 11.4 Å². The molecule has 25 heavy (non-hydrogen) atoms. The number of ether oxygens (including phenoxy) is 1. The van der Waals surface area contributed by atoms with Crippen LogP contribution in [0.15, 0.2) is 54.6 Å². The molecule has 0 saturated carbocycles. The van der Waals surface area contributed by atoms with Crippen LogP contribution in [-0.2, 0) is 9.59 Å². The van der Waals surface area contributed by atoms with E-state index < -0.39 is 0 Å². The number of likely N-dealkylation sites (N-methyl/N-ethyl adjacent to an activating group) is 1. The Morgan fingerprint density at radius 3 is 2.68 bits per heavy atom. The quantitative estimate of drug-likeness (QED) is 0.792. The molecule has 0 bridgehead atoms. The maximum atomic E-state index is 12.1. The lowest BCUT2D eigenvalue weighted by Crippen LogP contribution is -2.33. The molecular weight excluding hydrogens is 320 g/mol. The second-order valence-corrected chi connectivity index (χ2v) is 5.40. The first-order valence-electron chi connectivity index (χ1n) is 7.64. The van der Waals surface area contributed by atoms with Crippen molar-refractivity contribution in [3.8, 4) is 11.5 Å². The molecule has 2 aromatic carbocycles. The van der Waals surface area contributed by atoms with E-state index in [1.54, 1.807) is 38.4 Å². The van der Waals surface area contributed by atoms with E-state index in [4.69, 9.17) is 4.74 Å². The summed E-state index contributed by atoms with van der Waals surface area (Å²) in [6, 6.07) is 13.5. The molecule has 0 spiro atoms. The number of nitrogens with one attached hydrogen (secondary N) is 1. The van der Waals surface area contributed by atoms with Crippen molar-refractivity contribution in [2.24, 2.45) is 0 Å². The van der Waals surface area contributed by atoms with Gasteiger partial charge in [-0.05, 0) is 35.9 Å². The number of amides is 2. The molecule has 0 radical (unpaired) electrons. The highest BCUT2D eigenvalue weighted by Crippen LogP contribution is 2.15. The zero-order valence-electron chi connectivity index (χ0n) is 14.1. The molecule has 6 nitrogen and oxygen atoms in total. The number of anilines is 1. The van der Waals surface area contributed by atoms with E-state index in [1.807, 2.05) is 18.2 Å². The molecule has 0 aliphatic carbocycles. The second kappa shape index (κ2) is 8.54. The van der Waals surface area contributed by atoms with Crippen molar-refractivity contribution < 1.29 is 19.4 Å². The van der Waals surface area contributed by atoms with Gasteiger partial charge in [0.15, 0.2) is 0 Å². The van der Waals surface area contributed by atoms with Gasteiger partial charge in [-0.25, -0.2) is 0 Å². The fourth-order valence-corrected chi connectivity index (χ4v) is 2.12. The summed E-state index contributed by atoms with van der Waals surface area (Å²) in [4.78, 5) is 25.4. The predicted octanol–water partition coefficient (Wildman–Crippen LogP) is 2.51. The minimum absolute atomic E-state index is 0.0588. The summed E-state index contributed by atoms with van der Waals surface area (Å²) in [5, 5.41) is 12.0. The highest BCUT2D eigenvalue weighted by molar-refractivity contribution is 5.98. The highest BCUT2D eigenvalue weighted by Gasteiger charge is 2.11. The molecule has 0 aromatic heterocycles. The van der Waals surface area contributed by atoms with Crippen LogP contribution in [0, 0.1) is 0 Å². The van der Waals surface area contributed by atoms with E-state index in [9.17, 15) is 14.7 Å². The number of methoxy groups -OCH3 is 1. The van der Waals surface area contributed by atoms with Crippen LogP contribution in [0.3, 0.4) is 0 Å². The Morgan fingerprint density at radius 1 is 1.20 bits per heavy atom. The Bertz CT molecular complexity index is 786. The summed E-state index contributed by atoms with van der Waals surface area (Å²) < 4.78 is 5.13. The zero-order valence-corrected chi connectivity index (χ0v) is 14.1. The standard InChI is InChI=1S/C19H20N2O4/c1-21(13-18(23)20-15-6-4-7-16(22)12-15)19(24)10-9-14-5-3-8-17(11-14)25-2/h3-12,22H,13H2,1-2H3,(H,20,23)/b10-9+. The van der Waals surface area contributed by atoms with Gasteiger partial charge in [0.1, 0.15) is 11.5 Å². The minimum atomic E-state index is -0.351. The van der Waals surface area contributed by atoms with Crippen molar-refractivity contribution in [3.05, 3.63) is 60.2 Å². The summed E-state index contributed by atoms with van der Waals surface area (Å²) in [5.74, 6) is 0.113. The number of hydrogen-bond acceptors (Lipinski definition) is 4. The Hall–Kier alpha value is -3.28. The molecule has 130 valence electrons. The third-order valence-corrected chi connectivity index (χ3v) is 3.40. The van der Waals surface area contributed by atoms with Gasteiger partial charge in [-0.2, -0.15) is 0 Å². The Morgan fingerprint density at radius 2 is 1.96 bits per heavy atom. The monoisotopic (exact) mass is 340 g/mol. The first-order chi connectivity index (χ1) is 12.0. The number of carbonyl (C=O) groups excluding carboxylic acids is 2. The van der Waals surface area contributed by atoms with Crippen LogP contribution in [0.1, 0.15) is 5.56 Å². The minimum Gasteiger partial charge on any atom is -0.508 e. The van der Waals surface area contributed by atoms with Crippen molar-refractivity contribution in [2.75, 3.05) is 26.0 Å². The third kappa shape index (κ3) is 5.69. The van der Waals surface area contributed by atoms with Crippen LogP contribution in [0.2, 0.25) is 0 Å². The molecule has 2 aromatic rings. The lowest BCUT2D eigenvalue weighted by molar-refractivity contribution is -0.129. The first-order valence-corrected chi connectivity index (χ1v) is 7.64. The van der Waals surface area contributed by atoms with Crippen molar-refractivity contribution in [1.29, 1.82) is 0 Å². The Balaban J connectivity index is 1.90. The summed E-state index contributed by atoms with van der Waals surface area (Å²) in [6.07, 6.45) is 3.06. The van der Waals surface area contributed by atoms with Crippen molar-refractivity contribution in [1.82, 2.24) is 4.90 Å². The molecule has 0 atom stereocenters. The van der Waals surface area contributed by atoms with Crippen molar-refractivity contribution >= 4 is 23.6 Å². The van der Waals surface area contributed by atoms with Gasteiger partial charge >= 0.3 is 0 Å². The molecule has 6 heteroatoms. The van der Waals surface area contributed by atoms with Crippen molar-refractivity contribution in [2.45, 2.75) is 0 Å². The van der Waals surface area contributed by atoms with Crippen LogP contribution >= 0.6 is 0 Å². The molecule has 2 rings (SSSR count). The van der Waals surface area contributed by atoms with E-state index in [-0.39, 0.29) is 24.1 Å². The lowest BCUT2D eigenvalue weighted by atomic mass is 10.2. The van der Waals surface area contributed by atoms with Gasteiger partial charge in [0.25, 0.3) is 0 Å². The van der Waals surface area contributed by atoms with Crippen molar-refractivity contribution in [3.63, 3.8) is 0 Å². The number of phenolic OH excluding ortho intramolecular Hbond substituents is 1. The molecule has 0 unspecified atom stereocenters. The predicted molar refractivity (Wildman–Crippen MR) is 96.4 cm³/mol. The van der Waals surface area contributed by atoms with Gasteiger partial charge in [-0.3, -0.25) is 9.59 Å². The molecule has 0 saturated heterocycles. The van der Waals surface area contributed by atoms with E-state index in [2.05, 4.69) is 5.32 Å². The van der Waals surface area contributed by atoms with Crippen LogP contribution < -0.4 is 10.1 Å². The lowest BCUT2D eigenvalue weighted by Gasteiger charge is -2.15. The van der Waals surface area contributed by atoms with Gasteiger partial charge in [-0.1, -0.05) is 18.2 Å². The average molecular weight is 340 g/mol. The number of hydrogen-bond donors (Lipinski definition) is 2. The topological polar surface area (TPSA) is 78.9 Å². The maximum absolute atomic E-state index is 12.1. The smallest absolute Gasteiger partial charge is 0.246 e. The third-order valence-electron chi connectivity index (χ3n) is 3.40. The largest absolute Gasteiger partial charge is 0.508 e. The Kier molecular flexibility index (Phi) is 6.17. The van der Waals surface area contributed by atoms with Crippen LogP contribution in [0.25, 0.3) is 6.08 Å². The number of phenols is 1. The van der Waals surface area contributed by atoms with Crippen LogP contribution in [0.5, 0.6) is 11.5 Å². The maximum Gasteiger partial charge on any atom is 0.246 e. The molecule has 0 heterocycles. The molecule has 0 fully saturated rings. The van der Waals surface area contributed by atoms with Crippen LogP contribution in [0.4, 0.5) is 5.69 Å². The van der Waals surface area contributed by atoms with Gasteiger partial charge < -0.3 is 20.1 Å². The number of aromatic hydroxyl groups is 1. The van der Waals surface area contributed by atoms with Gasteiger partial charge in [0.05, 0.1) is 13.7 Å². The van der Waals surface area contributed by atoms with E-state index in [1.165, 1.54) is 23.1 Å². The summed E-state index contributed by atoms with van der Waals surface area (Å²) >= 11 is 0. The SMILES string of the molecule is COc1cccc(/C=C/C(=O)N(C)CC(=O)Nc2cccc(O)c2)c1. The summed E-state index contributed by atoms with van der Waals surface area (Å²) in [5.41, 5.74) is 1.29. The Labute approximate surface area is 146 Å². The van der Waals surface area contributed by atoms with Crippen LogP contribution in [-0.4, -0.2) is 42.5 Å². The van der Waals surface area contributed by atoms with Gasteiger partial charge in [0.2, 0.25) is 11.8 Å². The molecule has 0 aliphatic rings. The number of nitrogens with zero attached hydrogens (tertiary/aromatic N) is 1. The fourth-order valence-electron chi connectivity index (χ4n) is 2.12. The number of benzene rings is 2. The molecule has 0 aliphatic heterocycles. The molecule has 2 N–H and O–H groups in total. The van der Waals surface area contributed by atoms with E-state index in [0.717, 1.165) is 5.56 Å². The van der Waals surface area contributed by atoms with Gasteiger partial charge in [0, 0.05) is 24.9 Å². The number of carbonyl (C=O) groups is 2. The second-order valence-electron chi connectivity index (χ2n) is 5.40. The fraction of sp³-hybridized carbons (Fsp3) is 0.158. The normalized spacial score (nSPS) is 10.5. The summed E-state index contributed by atoms with van der Waals surface area (Å²) in [6.45, 7) is -0.100. The summed E-state index contributed by atoms with van der Waals surface area (Å²) in [7, 11) is 3.12. The molecular formula is C19H20N2O4. The van der Waals surface area contributed by atoms with Gasteiger partial charge in [-0.15, -0.1) is 0 Å². The zero-order chi connectivity index (χ0) is 18.2. The van der Waals surface area contributed by atoms with E-state index >= 15 is 0 Å². The highest BCUT2D eigenvalue weighted by atomic mass is 16.5. The average Bonchev–Trinajstić information content (AvgIpc) is 2.59. The molecule has 2 amide bonds. The number of rotatable bonds is 6.